The number of ether oxygens (including phenoxy) is 1. The average molecular weight is 278 g/mol. The third kappa shape index (κ3) is 3.90. The molecule has 0 spiro atoms. The predicted molar refractivity (Wildman–Crippen MR) is 76.4 cm³/mol. The molecule has 2 rings (SSSR count). The molecule has 0 saturated carbocycles. The van der Waals surface area contributed by atoms with E-state index in [4.69, 9.17) is 4.74 Å². The van der Waals surface area contributed by atoms with Crippen LogP contribution in [0.25, 0.3) is 0 Å². The lowest BCUT2D eigenvalue weighted by Gasteiger charge is -2.31. The molecule has 2 heterocycles. The molecule has 1 aliphatic rings. The van der Waals surface area contributed by atoms with Crippen molar-refractivity contribution in [2.45, 2.75) is 33.3 Å². The van der Waals surface area contributed by atoms with Crippen LogP contribution in [0.15, 0.2) is 18.3 Å². The van der Waals surface area contributed by atoms with E-state index in [2.05, 4.69) is 41.6 Å². The van der Waals surface area contributed by atoms with Crippen molar-refractivity contribution in [2.24, 2.45) is 11.3 Å². The Morgan fingerprint density at radius 3 is 2.95 bits per heavy atom. The van der Waals surface area contributed by atoms with Gasteiger partial charge >= 0.3 is 6.03 Å². The van der Waals surface area contributed by atoms with Crippen molar-refractivity contribution in [3.8, 4) is 0 Å². The topological polar surface area (TPSA) is 76.1 Å². The summed E-state index contributed by atoms with van der Waals surface area (Å²) in [5.74, 6) is 0.794. The number of urea groups is 1. The summed E-state index contributed by atoms with van der Waals surface area (Å²) in [5.41, 5.74) is 0.0875. The maximum absolute atomic E-state index is 11.8. The van der Waals surface area contributed by atoms with Crippen molar-refractivity contribution >= 4 is 11.8 Å². The first-order chi connectivity index (χ1) is 9.47. The molecule has 0 aliphatic carbocycles. The SMILES string of the molecule is CC(C)(C)[C@H]1OCC[C@@H]1CNC(=O)Nc1cccnn1. The van der Waals surface area contributed by atoms with E-state index in [0.29, 0.717) is 18.3 Å². The summed E-state index contributed by atoms with van der Waals surface area (Å²) in [7, 11) is 0. The highest BCUT2D eigenvalue weighted by atomic mass is 16.5. The smallest absolute Gasteiger partial charge is 0.320 e. The molecule has 2 atom stereocenters. The van der Waals surface area contributed by atoms with Crippen LogP contribution < -0.4 is 10.6 Å². The van der Waals surface area contributed by atoms with Crippen LogP contribution in [0.2, 0.25) is 0 Å². The first-order valence-corrected chi connectivity index (χ1v) is 6.91. The van der Waals surface area contributed by atoms with Gasteiger partial charge in [0.25, 0.3) is 0 Å². The molecule has 2 amide bonds. The maximum Gasteiger partial charge on any atom is 0.320 e. The normalized spacial score (nSPS) is 22.6. The second-order valence-electron chi connectivity index (χ2n) is 6.15. The van der Waals surface area contributed by atoms with Gasteiger partial charge in [-0.3, -0.25) is 5.32 Å². The van der Waals surface area contributed by atoms with Gasteiger partial charge in [-0.05, 0) is 24.0 Å². The average Bonchev–Trinajstić information content (AvgIpc) is 2.86. The summed E-state index contributed by atoms with van der Waals surface area (Å²) in [6.45, 7) is 7.86. The molecule has 6 heteroatoms. The molecule has 0 unspecified atom stereocenters. The van der Waals surface area contributed by atoms with Gasteiger partial charge in [0.05, 0.1) is 6.10 Å². The second-order valence-corrected chi connectivity index (χ2v) is 6.15. The molecule has 0 radical (unpaired) electrons. The minimum atomic E-state index is -0.259. The maximum atomic E-state index is 11.8. The zero-order valence-corrected chi connectivity index (χ0v) is 12.2. The number of aromatic nitrogens is 2. The Morgan fingerprint density at radius 2 is 2.30 bits per heavy atom. The fourth-order valence-corrected chi connectivity index (χ4v) is 2.55. The molecule has 1 aliphatic heterocycles. The van der Waals surface area contributed by atoms with Gasteiger partial charge in [-0.25, -0.2) is 4.79 Å². The van der Waals surface area contributed by atoms with Crippen LogP contribution in [0.1, 0.15) is 27.2 Å². The summed E-state index contributed by atoms with van der Waals surface area (Å²) < 4.78 is 5.79. The highest BCUT2D eigenvalue weighted by molar-refractivity contribution is 5.87. The number of carbonyl (C=O) groups is 1. The molecule has 1 fully saturated rings. The van der Waals surface area contributed by atoms with Crippen LogP contribution in [-0.2, 0) is 4.74 Å². The molecule has 0 aromatic carbocycles. The van der Waals surface area contributed by atoms with Crippen LogP contribution in [-0.4, -0.2) is 35.5 Å². The van der Waals surface area contributed by atoms with Gasteiger partial charge in [-0.2, -0.15) is 5.10 Å². The number of carbonyl (C=O) groups excluding carboxylic acids is 1. The lowest BCUT2D eigenvalue weighted by molar-refractivity contribution is 0.00782. The largest absolute Gasteiger partial charge is 0.377 e. The number of hydrogen-bond donors (Lipinski definition) is 2. The van der Waals surface area contributed by atoms with Gasteiger partial charge in [0.2, 0.25) is 0 Å². The number of anilines is 1. The number of amides is 2. The van der Waals surface area contributed by atoms with Crippen LogP contribution in [0.5, 0.6) is 0 Å². The lowest BCUT2D eigenvalue weighted by atomic mass is 9.81. The van der Waals surface area contributed by atoms with Crippen molar-refractivity contribution in [1.29, 1.82) is 0 Å². The highest BCUT2D eigenvalue weighted by Gasteiger charge is 2.37. The van der Waals surface area contributed by atoms with E-state index < -0.39 is 0 Å². The first-order valence-electron chi connectivity index (χ1n) is 6.91. The summed E-state index contributed by atoms with van der Waals surface area (Å²) in [4.78, 5) is 11.8. The Hall–Kier alpha value is -1.69. The van der Waals surface area contributed by atoms with Gasteiger partial charge in [0.1, 0.15) is 0 Å². The lowest BCUT2D eigenvalue weighted by Crippen LogP contribution is -2.40. The third-order valence-electron chi connectivity index (χ3n) is 3.41. The van der Waals surface area contributed by atoms with Crippen LogP contribution >= 0.6 is 0 Å². The summed E-state index contributed by atoms with van der Waals surface area (Å²) in [5, 5.41) is 13.0. The molecular formula is C14H22N4O2. The Labute approximate surface area is 119 Å². The molecule has 0 bridgehead atoms. The van der Waals surface area contributed by atoms with Crippen molar-refractivity contribution in [3.05, 3.63) is 18.3 Å². The van der Waals surface area contributed by atoms with Gasteiger partial charge in [0, 0.05) is 25.3 Å². The van der Waals surface area contributed by atoms with Crippen LogP contribution in [0.4, 0.5) is 10.6 Å². The van der Waals surface area contributed by atoms with Gasteiger partial charge < -0.3 is 10.1 Å². The van der Waals surface area contributed by atoms with Crippen LogP contribution in [0.3, 0.4) is 0 Å². The Morgan fingerprint density at radius 1 is 1.50 bits per heavy atom. The summed E-state index contributed by atoms with van der Waals surface area (Å²) in [6.07, 6.45) is 2.72. The minimum Gasteiger partial charge on any atom is -0.377 e. The van der Waals surface area contributed by atoms with E-state index in [1.807, 2.05) is 0 Å². The quantitative estimate of drug-likeness (QED) is 0.887. The van der Waals surface area contributed by atoms with Crippen molar-refractivity contribution in [2.75, 3.05) is 18.5 Å². The van der Waals surface area contributed by atoms with Crippen molar-refractivity contribution < 1.29 is 9.53 Å². The molecule has 1 aromatic rings. The minimum absolute atomic E-state index is 0.0875. The molecule has 110 valence electrons. The molecule has 1 aromatic heterocycles. The van der Waals surface area contributed by atoms with E-state index in [1.165, 1.54) is 0 Å². The standard InChI is InChI=1S/C14H22N4O2/c1-14(2,3)12-10(6-8-20-12)9-15-13(19)17-11-5-4-7-16-18-11/h4-5,7,10,12H,6,8-9H2,1-3H3,(H2,15,17,18,19)/t10-,12+/m1/s1. The van der Waals surface area contributed by atoms with E-state index in [1.54, 1.807) is 18.3 Å². The van der Waals surface area contributed by atoms with Gasteiger partial charge in [0.15, 0.2) is 5.82 Å². The van der Waals surface area contributed by atoms with E-state index in [0.717, 1.165) is 13.0 Å². The zero-order valence-electron chi connectivity index (χ0n) is 12.2. The summed E-state index contributed by atoms with van der Waals surface area (Å²) >= 11 is 0. The number of nitrogens with one attached hydrogen (secondary N) is 2. The fourth-order valence-electron chi connectivity index (χ4n) is 2.55. The van der Waals surface area contributed by atoms with E-state index in [9.17, 15) is 4.79 Å². The molecule has 20 heavy (non-hydrogen) atoms. The monoisotopic (exact) mass is 278 g/mol. The molecule has 1 saturated heterocycles. The van der Waals surface area contributed by atoms with Gasteiger partial charge in [-0.15, -0.1) is 5.10 Å². The van der Waals surface area contributed by atoms with Crippen molar-refractivity contribution in [3.63, 3.8) is 0 Å². The van der Waals surface area contributed by atoms with E-state index >= 15 is 0 Å². The Balaban J connectivity index is 1.81. The zero-order chi connectivity index (χ0) is 14.6. The number of rotatable bonds is 3. The Bertz CT molecular complexity index is 444. The molecule has 6 nitrogen and oxygen atoms in total. The highest BCUT2D eigenvalue weighted by Crippen LogP contribution is 2.34. The number of nitrogens with zero attached hydrogens (tertiary/aromatic N) is 2. The third-order valence-corrected chi connectivity index (χ3v) is 3.41. The van der Waals surface area contributed by atoms with Crippen LogP contribution in [0, 0.1) is 11.3 Å². The Kier molecular flexibility index (Phi) is 4.54. The van der Waals surface area contributed by atoms with E-state index in [-0.39, 0.29) is 17.6 Å². The number of hydrogen-bond acceptors (Lipinski definition) is 4. The molecule has 2 N–H and O–H groups in total. The van der Waals surface area contributed by atoms with Crippen molar-refractivity contribution in [1.82, 2.24) is 15.5 Å². The fraction of sp³-hybridized carbons (Fsp3) is 0.643. The summed E-state index contributed by atoms with van der Waals surface area (Å²) in [6, 6.07) is 3.16. The van der Waals surface area contributed by atoms with Gasteiger partial charge in [-0.1, -0.05) is 20.8 Å². The first kappa shape index (κ1) is 14.7. The molecular weight excluding hydrogens is 256 g/mol. The second kappa shape index (κ2) is 6.17. The predicted octanol–water partition coefficient (Wildman–Crippen LogP) is 2.05.